The van der Waals surface area contributed by atoms with E-state index in [0.29, 0.717) is 23.5 Å². The van der Waals surface area contributed by atoms with E-state index in [2.05, 4.69) is 11.0 Å². The molecule has 2 heterocycles. The molecule has 1 atom stereocenters. The van der Waals surface area contributed by atoms with Gasteiger partial charge in [-0.1, -0.05) is 24.3 Å². The molecule has 0 N–H and O–H groups in total. The molecule has 0 spiro atoms. The number of hydrogen-bond acceptors (Lipinski definition) is 5. The van der Waals surface area contributed by atoms with Crippen LogP contribution in [0.5, 0.6) is 11.5 Å². The molecule has 3 aromatic rings. The van der Waals surface area contributed by atoms with Crippen LogP contribution in [-0.4, -0.2) is 56.1 Å². The number of likely N-dealkylation sites (N-methyl/N-ethyl adjacent to an activating group) is 1. The third-order valence-corrected chi connectivity index (χ3v) is 7.69. The average molecular weight is 497 g/mol. The maximum atomic E-state index is 14.5. The number of thiophene rings is 1. The summed E-state index contributed by atoms with van der Waals surface area (Å²) in [5, 5.41) is 3.80. The maximum Gasteiger partial charge on any atom is 0.254 e. The quantitative estimate of drug-likeness (QED) is 0.392. The molecule has 1 aliphatic heterocycles. The molecule has 4 rings (SSSR count). The molecule has 186 valence electrons. The molecule has 5 nitrogen and oxygen atoms in total. The highest BCUT2D eigenvalue weighted by atomic mass is 32.1. The maximum absolute atomic E-state index is 14.5. The van der Waals surface area contributed by atoms with Crippen LogP contribution in [0.25, 0.3) is 0 Å². The van der Waals surface area contributed by atoms with Crippen molar-refractivity contribution in [1.82, 2.24) is 9.80 Å². The molecule has 1 saturated heterocycles. The highest BCUT2D eigenvalue weighted by Crippen LogP contribution is 2.31. The first kappa shape index (κ1) is 25.2. The first-order valence-electron chi connectivity index (χ1n) is 12.0. The Bertz CT molecular complexity index is 1110. The lowest BCUT2D eigenvalue weighted by Gasteiger charge is -2.40. The number of nitrogens with zero attached hydrogens (tertiary/aromatic N) is 2. The smallest absolute Gasteiger partial charge is 0.254 e. The van der Waals surface area contributed by atoms with Crippen molar-refractivity contribution in [2.24, 2.45) is 5.92 Å². The van der Waals surface area contributed by atoms with E-state index in [1.54, 1.807) is 20.3 Å². The summed E-state index contributed by atoms with van der Waals surface area (Å²) in [5.41, 5.74) is 2.53. The van der Waals surface area contributed by atoms with Crippen molar-refractivity contribution < 1.29 is 18.7 Å². The number of benzene rings is 2. The van der Waals surface area contributed by atoms with Crippen molar-refractivity contribution in [2.75, 3.05) is 34.4 Å². The van der Waals surface area contributed by atoms with Crippen LogP contribution < -0.4 is 9.47 Å². The van der Waals surface area contributed by atoms with Crippen molar-refractivity contribution in [3.05, 3.63) is 81.8 Å². The zero-order chi connectivity index (χ0) is 24.8. The normalized spacial score (nSPS) is 15.5. The van der Waals surface area contributed by atoms with E-state index in [9.17, 15) is 9.18 Å². The van der Waals surface area contributed by atoms with Crippen LogP contribution in [0.1, 0.15) is 34.3 Å². The van der Waals surface area contributed by atoms with Crippen LogP contribution in [-0.2, 0) is 13.0 Å². The lowest BCUT2D eigenvalue weighted by molar-refractivity contribution is 0.0584. The van der Waals surface area contributed by atoms with Crippen LogP contribution in [0.4, 0.5) is 4.39 Å². The second kappa shape index (κ2) is 11.7. The van der Waals surface area contributed by atoms with Crippen LogP contribution >= 0.6 is 11.3 Å². The molecule has 0 saturated carbocycles. The summed E-state index contributed by atoms with van der Waals surface area (Å²) in [7, 11) is 5.15. The minimum Gasteiger partial charge on any atom is -0.493 e. The number of likely N-dealkylation sites (tertiary alicyclic amines) is 1. The minimum absolute atomic E-state index is 0.000321. The fraction of sp³-hybridized carbons (Fsp3) is 0.393. The largest absolute Gasteiger partial charge is 0.493 e. The van der Waals surface area contributed by atoms with Crippen LogP contribution in [0, 0.1) is 11.7 Å². The molecule has 1 unspecified atom stereocenters. The van der Waals surface area contributed by atoms with Gasteiger partial charge >= 0.3 is 0 Å². The Morgan fingerprint density at radius 2 is 1.86 bits per heavy atom. The molecular weight excluding hydrogens is 463 g/mol. The van der Waals surface area contributed by atoms with Gasteiger partial charge in [0, 0.05) is 25.0 Å². The number of piperidine rings is 1. The predicted molar refractivity (Wildman–Crippen MR) is 138 cm³/mol. The van der Waals surface area contributed by atoms with Gasteiger partial charge in [0.2, 0.25) is 0 Å². The predicted octanol–water partition coefficient (Wildman–Crippen LogP) is 5.50. The van der Waals surface area contributed by atoms with E-state index in [0.717, 1.165) is 44.0 Å². The van der Waals surface area contributed by atoms with E-state index < -0.39 is 0 Å². The number of ether oxygens (including phenoxy) is 2. The van der Waals surface area contributed by atoms with Crippen molar-refractivity contribution in [1.29, 1.82) is 0 Å². The highest BCUT2D eigenvalue weighted by Gasteiger charge is 2.32. The molecule has 0 bridgehead atoms. The lowest BCUT2D eigenvalue weighted by Crippen LogP contribution is -2.47. The highest BCUT2D eigenvalue weighted by molar-refractivity contribution is 7.08. The molecule has 7 heteroatoms. The van der Waals surface area contributed by atoms with Crippen molar-refractivity contribution >= 4 is 17.2 Å². The molecule has 0 radical (unpaired) electrons. The number of methoxy groups -OCH3 is 2. The van der Waals surface area contributed by atoms with Crippen LogP contribution in [0.2, 0.25) is 0 Å². The van der Waals surface area contributed by atoms with Crippen LogP contribution in [0.3, 0.4) is 0 Å². The Labute approximate surface area is 211 Å². The molecule has 1 amide bonds. The van der Waals surface area contributed by atoms with Gasteiger partial charge in [0.1, 0.15) is 5.82 Å². The summed E-state index contributed by atoms with van der Waals surface area (Å²) in [6.07, 6.45) is 2.42. The van der Waals surface area contributed by atoms with Gasteiger partial charge < -0.3 is 14.4 Å². The summed E-state index contributed by atoms with van der Waals surface area (Å²) >= 11 is 1.51. The summed E-state index contributed by atoms with van der Waals surface area (Å²) in [6.45, 7) is 2.68. The first-order chi connectivity index (χ1) is 17.0. The van der Waals surface area contributed by atoms with Gasteiger partial charge in [0.05, 0.1) is 19.8 Å². The van der Waals surface area contributed by atoms with Gasteiger partial charge in [0.25, 0.3) is 5.91 Å². The SMILES string of the molecule is COc1ccc(CN2CCC(C(Cc3ccccc3F)N(C)C(=O)c3ccsc3)CC2)cc1OC. The second-order valence-electron chi connectivity index (χ2n) is 9.09. The van der Waals surface area contributed by atoms with E-state index in [1.165, 1.54) is 23.0 Å². The van der Waals surface area contributed by atoms with E-state index >= 15 is 0 Å². The summed E-state index contributed by atoms with van der Waals surface area (Å²) < 4.78 is 25.3. The molecule has 1 aliphatic rings. The molecule has 1 fully saturated rings. The van der Waals surface area contributed by atoms with Crippen molar-refractivity contribution in [3.8, 4) is 11.5 Å². The summed E-state index contributed by atoms with van der Waals surface area (Å²) in [4.78, 5) is 17.5. The fourth-order valence-electron chi connectivity index (χ4n) is 4.98. The number of hydrogen-bond donors (Lipinski definition) is 0. The van der Waals surface area contributed by atoms with E-state index in [4.69, 9.17) is 9.47 Å². The standard InChI is InChI=1S/C28H33FN2O3S/c1-30(28(32)23-12-15-35-19-23)25(17-22-6-4-5-7-24(22)29)21-10-13-31(14-11-21)18-20-8-9-26(33-2)27(16-20)34-3/h4-9,12,15-16,19,21,25H,10-11,13-14,17-18H2,1-3H3. The number of rotatable bonds is 9. The Morgan fingerprint density at radius 1 is 1.11 bits per heavy atom. The summed E-state index contributed by atoms with van der Waals surface area (Å²) in [5.74, 6) is 1.55. The zero-order valence-electron chi connectivity index (χ0n) is 20.6. The van der Waals surface area contributed by atoms with Gasteiger partial charge in [0.15, 0.2) is 11.5 Å². The molecular formula is C28H33FN2O3S. The van der Waals surface area contributed by atoms with Gasteiger partial charge in [-0.2, -0.15) is 11.3 Å². The number of amides is 1. The number of carbonyl (C=O) groups excluding carboxylic acids is 1. The molecule has 0 aliphatic carbocycles. The van der Waals surface area contributed by atoms with E-state index in [1.807, 2.05) is 53.0 Å². The van der Waals surface area contributed by atoms with Crippen molar-refractivity contribution in [3.63, 3.8) is 0 Å². The number of halogens is 1. The molecule has 2 aromatic carbocycles. The average Bonchev–Trinajstić information content (AvgIpc) is 3.43. The lowest BCUT2D eigenvalue weighted by atomic mass is 9.84. The Hall–Kier alpha value is -2.90. The third-order valence-electron chi connectivity index (χ3n) is 7.00. The zero-order valence-corrected chi connectivity index (χ0v) is 21.4. The number of carbonyl (C=O) groups is 1. The van der Waals surface area contributed by atoms with Gasteiger partial charge in [-0.15, -0.1) is 0 Å². The van der Waals surface area contributed by atoms with Gasteiger partial charge in [-0.05, 0) is 79.0 Å². The van der Waals surface area contributed by atoms with E-state index in [-0.39, 0.29) is 17.8 Å². The third kappa shape index (κ3) is 6.03. The van der Waals surface area contributed by atoms with Crippen LogP contribution in [0.15, 0.2) is 59.3 Å². The molecule has 1 aromatic heterocycles. The van der Waals surface area contributed by atoms with Gasteiger partial charge in [-0.3, -0.25) is 9.69 Å². The van der Waals surface area contributed by atoms with Gasteiger partial charge in [-0.25, -0.2) is 4.39 Å². The monoisotopic (exact) mass is 496 g/mol. The Kier molecular flexibility index (Phi) is 8.42. The summed E-state index contributed by atoms with van der Waals surface area (Å²) in [6, 6.07) is 14.7. The van der Waals surface area contributed by atoms with Crippen molar-refractivity contribution in [2.45, 2.75) is 31.8 Å². The Morgan fingerprint density at radius 3 is 2.51 bits per heavy atom. The fourth-order valence-corrected chi connectivity index (χ4v) is 5.61. The second-order valence-corrected chi connectivity index (χ2v) is 9.87. The topological polar surface area (TPSA) is 42.0 Å². The minimum atomic E-state index is -0.209. The Balaban J connectivity index is 1.46. The first-order valence-corrected chi connectivity index (χ1v) is 12.9. The molecule has 35 heavy (non-hydrogen) atoms.